The Balaban J connectivity index is 1.13. The molecule has 0 aliphatic carbocycles. The molecule has 0 aliphatic rings. The molecule has 654 valence electrons. The Bertz CT molecular complexity index is 5290. The lowest BCUT2D eigenvalue weighted by Crippen LogP contribution is -2.50. The van der Waals surface area contributed by atoms with Crippen LogP contribution in [-0.2, 0) is 30.5 Å². The smallest absolute Gasteiger partial charge is 0.303 e. The Morgan fingerprint density at radius 1 is 0.385 bits per heavy atom. The number of nitrogens with one attached hydrogen (secondary N) is 6. The molecule has 122 heavy (non-hydrogen) atoms. The fraction of sp³-hybridized carbons (Fsp3) is 0.415. The van der Waals surface area contributed by atoms with E-state index in [1.165, 1.54) is 27.7 Å². The number of hydrogen-bond donors (Lipinski definition) is 26. The summed E-state index contributed by atoms with van der Waals surface area (Å²) in [6.45, 7) is 3.77. The number of H-pyrrole nitrogens is 4. The fourth-order valence-corrected chi connectivity index (χ4v) is 13.2. The first-order valence-electron chi connectivity index (χ1n) is 39.3. The van der Waals surface area contributed by atoms with Crippen LogP contribution < -0.4 is 5.73 Å². The quantitative estimate of drug-likeness (QED) is 0.00959. The highest BCUT2D eigenvalue weighted by atomic mass is 16.4. The summed E-state index contributed by atoms with van der Waals surface area (Å²) >= 11 is 0. The van der Waals surface area contributed by atoms with Crippen molar-refractivity contribution in [2.75, 3.05) is 26.2 Å². The lowest BCUT2D eigenvalue weighted by atomic mass is 10.0. The lowest BCUT2D eigenvalue weighted by molar-refractivity contribution is -0.368. The first-order valence-corrected chi connectivity index (χ1v) is 39.3. The highest BCUT2D eigenvalue weighted by Crippen LogP contribution is 2.28. The third kappa shape index (κ3) is 27.5. The van der Waals surface area contributed by atoms with Gasteiger partial charge >= 0.3 is 5.97 Å². The molecule has 13 atom stereocenters. The van der Waals surface area contributed by atoms with Crippen molar-refractivity contribution in [3.8, 4) is 0 Å². The van der Waals surface area contributed by atoms with Crippen LogP contribution in [0.5, 0.6) is 0 Å². The number of nitrogens with zero attached hydrogens (tertiary/aromatic N) is 13. The summed E-state index contributed by atoms with van der Waals surface area (Å²) in [5.74, 6) is -14.3. The number of para-hydroxylation sites is 4. The molecule has 0 amide bonds. The number of aliphatic hydroxyl groups is 18. The Morgan fingerprint density at radius 2 is 0.730 bits per heavy atom. The van der Waals surface area contributed by atoms with Gasteiger partial charge in [0.2, 0.25) is 70.8 Å². The molecule has 0 spiro atoms. The van der Waals surface area contributed by atoms with E-state index >= 15 is 0 Å². The summed E-state index contributed by atoms with van der Waals surface area (Å²) in [7, 11) is 0. The molecule has 4 aromatic carbocycles. The summed E-state index contributed by atoms with van der Waals surface area (Å²) in [5, 5.41) is 232. The zero-order valence-corrected chi connectivity index (χ0v) is 67.5. The van der Waals surface area contributed by atoms with E-state index in [2.05, 4.69) is 90.6 Å². The Hall–Kier alpha value is -13.6. The largest absolute Gasteiger partial charge is 0.497 e. The molecule has 0 radical (unpaired) electrons. The van der Waals surface area contributed by atoms with Crippen LogP contribution in [0.1, 0.15) is 108 Å². The van der Waals surface area contributed by atoms with E-state index < -0.39 is 200 Å². The molecule has 40 nitrogen and oxygen atoms in total. The van der Waals surface area contributed by atoms with Crippen LogP contribution in [-0.4, -0.2) is 316 Å². The van der Waals surface area contributed by atoms with Gasteiger partial charge in [-0.15, -0.1) is 0 Å². The van der Waals surface area contributed by atoms with Crippen LogP contribution in [0.2, 0.25) is 0 Å². The van der Waals surface area contributed by atoms with Gasteiger partial charge in [-0.2, -0.15) is 0 Å². The Labute approximate surface area is 698 Å². The van der Waals surface area contributed by atoms with Gasteiger partial charge in [-0.1, -0.05) is 72.8 Å². The van der Waals surface area contributed by atoms with Crippen LogP contribution in [0.25, 0.3) is 43.6 Å². The zero-order valence-electron chi connectivity index (χ0n) is 67.5. The van der Waals surface area contributed by atoms with Crippen LogP contribution in [0.3, 0.4) is 0 Å². The third-order valence-corrected chi connectivity index (χ3v) is 19.5. The predicted octanol–water partition coefficient (Wildman–Crippen LogP) is 9.07. The molecule has 4 aromatic heterocycles. The van der Waals surface area contributed by atoms with E-state index in [4.69, 9.17) is 10.8 Å². The van der Waals surface area contributed by atoms with Crippen molar-refractivity contribution in [1.82, 2.24) is 19.9 Å². The van der Waals surface area contributed by atoms with Gasteiger partial charge < -0.3 is 123 Å². The number of quaternary nitrogens is 1. The zero-order chi connectivity index (χ0) is 88.9. The highest BCUT2D eigenvalue weighted by molar-refractivity contribution is 5.98. The van der Waals surface area contributed by atoms with Crippen LogP contribution >= 0.6 is 0 Å². The first kappa shape index (κ1) is 93.9. The maximum atomic E-state index is 12.3. The van der Waals surface area contributed by atoms with Crippen LogP contribution in [0.4, 0.5) is 0 Å². The van der Waals surface area contributed by atoms with Crippen molar-refractivity contribution in [2.45, 2.75) is 190 Å². The number of aromatic nitrogens is 4. The maximum absolute atomic E-state index is 12.3. The molecule has 40 heteroatoms. The second kappa shape index (κ2) is 45.5. The van der Waals surface area contributed by atoms with E-state index in [1.807, 2.05) is 0 Å². The lowest BCUT2D eigenvalue weighted by Gasteiger charge is -2.20. The molecule has 0 unspecified atom stereocenters. The molecule has 8 rings (SSSR count). The minimum Gasteiger partial charge on any atom is -0.497 e. The molecular formula is C82H107N20O20+. The van der Waals surface area contributed by atoms with Gasteiger partial charge in [0.25, 0.3) is 0 Å². The van der Waals surface area contributed by atoms with Crippen molar-refractivity contribution in [2.24, 2.45) is 64.9 Å². The predicted molar refractivity (Wildman–Crippen MR) is 470 cm³/mol. The topological polar surface area (TPSA) is 701 Å². The Kier molecular flexibility index (Phi) is 35.0. The second-order valence-electron chi connectivity index (χ2n) is 29.0. The summed E-state index contributed by atoms with van der Waals surface area (Å²) in [6.07, 6.45) is 1.28. The normalized spacial score (nSPS) is 17.3. The van der Waals surface area contributed by atoms with Gasteiger partial charge in [0.15, 0.2) is 35.8 Å². The van der Waals surface area contributed by atoms with Crippen LogP contribution in [0, 0.1) is 10.8 Å². The van der Waals surface area contributed by atoms with Crippen LogP contribution in [0.15, 0.2) is 187 Å². The molecule has 0 saturated heterocycles. The van der Waals surface area contributed by atoms with E-state index in [0.717, 1.165) is 0 Å². The second-order valence-corrected chi connectivity index (χ2v) is 29.0. The van der Waals surface area contributed by atoms with Crippen molar-refractivity contribution < 1.29 is 108 Å². The minimum absolute atomic E-state index is 0.0524. The van der Waals surface area contributed by atoms with Crippen molar-refractivity contribution in [1.29, 1.82) is 10.8 Å². The average molecular weight is 1690 g/mol. The van der Waals surface area contributed by atoms with Gasteiger partial charge in [0.05, 0.1) is 31.8 Å². The number of carboxylic acid groups (broad SMARTS) is 1. The van der Waals surface area contributed by atoms with E-state index in [-0.39, 0.29) is 57.4 Å². The van der Waals surface area contributed by atoms with E-state index in [1.54, 1.807) is 122 Å². The molecule has 4 heterocycles. The first-order chi connectivity index (χ1) is 58.2. The number of carboxylic acids is 1. The number of aliphatic imine (C=N–C) groups is 13. The van der Waals surface area contributed by atoms with Gasteiger partial charge in [-0.25, -0.2) is 59.9 Å². The van der Waals surface area contributed by atoms with Crippen molar-refractivity contribution >= 4 is 138 Å². The monoisotopic (exact) mass is 1690 g/mol. The summed E-state index contributed by atoms with van der Waals surface area (Å²) in [5.41, 5.74) is 8.65. The Morgan fingerprint density at radius 3 is 1.10 bits per heavy atom. The van der Waals surface area contributed by atoms with Gasteiger partial charge in [-0.05, 0) is 105 Å². The molecule has 8 aromatic rings. The summed E-state index contributed by atoms with van der Waals surface area (Å²) in [6, 6.07) is 10.2. The number of aromatic amines is 4. The fourth-order valence-electron chi connectivity index (χ4n) is 13.2. The maximum Gasteiger partial charge on any atom is 0.303 e. The van der Waals surface area contributed by atoms with Crippen molar-refractivity contribution in [3.05, 3.63) is 144 Å². The molecular weight excluding hydrogens is 1590 g/mol. The van der Waals surface area contributed by atoms with Gasteiger partial charge in [0, 0.05) is 121 Å². The van der Waals surface area contributed by atoms with Gasteiger partial charge in [0.1, 0.15) is 54.9 Å². The summed E-state index contributed by atoms with van der Waals surface area (Å²) in [4.78, 5) is 79.1. The number of hydrogen-bond acceptors (Lipinski definition) is 19. The molecule has 28 N–H and O–H groups in total. The number of aliphatic hydroxyl groups excluding tert-OH is 18. The highest BCUT2D eigenvalue weighted by Gasteiger charge is 2.34. The number of aliphatic carboxylic acids is 1. The van der Waals surface area contributed by atoms with Crippen molar-refractivity contribution in [3.63, 3.8) is 0 Å². The molecule has 0 saturated carbocycles. The number of benzene rings is 4. The third-order valence-electron chi connectivity index (χ3n) is 19.5. The SMILES string of the molecule is CC(O)=NCCCC[C@H](N=C(O)[C@H](Cc1c[nH]c2ccccc12)N=C(O)[C@@H](N=C(O)[C@H](Cc1c[nH]c2ccccc12)N=C(O)[C@H](CCCC[NH3+])N=C(O)[C@H](CC(=N)O)N=C(O)CN=C(O)[C@H](CCC(=O)O)N=C(O)[C@H](Cc1c[nH]c2ccccc12)N=C(O)[C@@H](N=C(O)[C@H](Cc1c[nH]c2ccccc12)N=C(O)[C@H](CO)N=C(C)O)[C@@H](C)O)[C@@H](C)O)C(=N)O. The number of unbranched alkanes of at least 4 members (excludes halogenated alkanes) is 2. The standard InChI is InChI=1S/C82H106N20O20/c1-42(104)70(81(121)99-61(31-46-36-87-54-21-9-5-17-50(46)54)75(115)94-58(72(85)112)25-14-16-30-86-44(3)106)101-78(118)63(33-48-38-89-56-23-11-7-19-52(48)56)97-74(114)59(26-13-15-29-83)95-77(117)65(35-67(84)108)93-68(109)40-91-73(113)60(27-28-69(110)111)96-76(116)62(32-47-37-88-55-22-10-6-18-51(47)55)100-82(122)71(43(2)105)102-79(119)64(98-80(120)66(41-103)92-45(4)107)34-49-39-90-57-24-12-8-20-53(49)57/h5-12,17-24,36-39,42-43,58-66,70-71,87-90,103-105H,13-16,25-35,40-41,83H2,1-4H3,(H2,84,108)(H2,85,112)(H,86,106)(H,91,113)(H,92,107)(H,93,109)(H,94,115)(H,95,117)(H,96,116)(H,97,114)(H,98,120)(H,99,121)(H,100,122)(H,101,118)(H,102,119)(H,110,111)/p+1/t42-,43-,58+,59+,60+,61+,62+,63+,64+,65+,66+,70+,71+/m1/s1. The van der Waals surface area contributed by atoms with E-state index in [9.17, 15) is 102 Å². The van der Waals surface area contributed by atoms with Gasteiger partial charge in [-0.3, -0.25) is 20.6 Å². The number of rotatable bonds is 49. The molecule has 0 fully saturated rings. The molecule has 0 aliphatic heterocycles. The van der Waals surface area contributed by atoms with E-state index in [0.29, 0.717) is 91.7 Å². The molecule has 0 bridgehead atoms. The number of fused-ring (bicyclic) bond motifs is 4. The summed E-state index contributed by atoms with van der Waals surface area (Å²) < 4.78 is 0. The number of carbonyl (C=O) groups is 1. The minimum atomic E-state index is -1.88. The average Bonchev–Trinajstić information content (AvgIpc) is 1.66.